The number of unbranched alkanes of at least 4 members (excludes halogenated alkanes) is 1. The van der Waals surface area contributed by atoms with Crippen LogP contribution < -0.4 is 4.74 Å². The molecular weight excluding hydrogens is 297 g/mol. The quantitative estimate of drug-likeness (QED) is 0.538. The Kier molecular flexibility index (Phi) is 6.54. The second-order valence-corrected chi connectivity index (χ2v) is 5.08. The molecule has 0 atom stereocenters. The van der Waals surface area contributed by atoms with Gasteiger partial charge in [0, 0.05) is 24.8 Å². The summed E-state index contributed by atoms with van der Waals surface area (Å²) in [4.78, 5) is 15.4. The number of carbonyl (C=O) groups excluding carboxylic acids is 1. The molecule has 0 unspecified atom stereocenters. The summed E-state index contributed by atoms with van der Waals surface area (Å²) < 4.78 is 23.4. The van der Waals surface area contributed by atoms with Crippen LogP contribution in [-0.2, 0) is 16.0 Å². The first-order valence-corrected chi connectivity index (χ1v) is 7.71. The number of carbonyl (C=O) groups is 1. The van der Waals surface area contributed by atoms with E-state index in [1.807, 2.05) is 6.07 Å². The van der Waals surface area contributed by atoms with Crippen molar-refractivity contribution in [3.8, 4) is 11.6 Å². The van der Waals surface area contributed by atoms with Gasteiger partial charge in [0.05, 0.1) is 6.61 Å². The van der Waals surface area contributed by atoms with Gasteiger partial charge in [-0.15, -0.1) is 0 Å². The molecule has 2 rings (SSSR count). The van der Waals surface area contributed by atoms with E-state index >= 15 is 0 Å². The first kappa shape index (κ1) is 16.9. The molecule has 0 saturated heterocycles. The number of aromatic nitrogens is 1. The predicted molar refractivity (Wildman–Crippen MR) is 84.9 cm³/mol. The summed E-state index contributed by atoms with van der Waals surface area (Å²) in [6.07, 6.45) is 4.71. The van der Waals surface area contributed by atoms with E-state index in [0.717, 1.165) is 24.8 Å². The highest BCUT2D eigenvalue weighted by molar-refractivity contribution is 5.69. The highest BCUT2D eigenvalue weighted by Gasteiger charge is 2.03. The lowest BCUT2D eigenvalue weighted by atomic mass is 10.1. The average molecular weight is 317 g/mol. The maximum absolute atomic E-state index is 13.1. The molecule has 23 heavy (non-hydrogen) atoms. The van der Waals surface area contributed by atoms with Gasteiger partial charge in [-0.1, -0.05) is 12.1 Å². The largest absolute Gasteiger partial charge is 0.466 e. The molecule has 0 bridgehead atoms. The summed E-state index contributed by atoms with van der Waals surface area (Å²) >= 11 is 0. The summed E-state index contributed by atoms with van der Waals surface area (Å²) in [6.45, 7) is 2.23. The van der Waals surface area contributed by atoms with Crippen LogP contribution in [0.25, 0.3) is 0 Å². The lowest BCUT2D eigenvalue weighted by Crippen LogP contribution is -2.03. The van der Waals surface area contributed by atoms with Crippen LogP contribution in [0.3, 0.4) is 0 Å². The van der Waals surface area contributed by atoms with Gasteiger partial charge in [-0.25, -0.2) is 9.37 Å². The molecule has 0 amide bonds. The highest BCUT2D eigenvalue weighted by Crippen LogP contribution is 2.20. The zero-order valence-electron chi connectivity index (χ0n) is 13.1. The van der Waals surface area contributed by atoms with E-state index in [1.54, 1.807) is 31.3 Å². The Bertz CT molecular complexity index is 628. The van der Waals surface area contributed by atoms with Crippen molar-refractivity contribution >= 4 is 5.97 Å². The van der Waals surface area contributed by atoms with Crippen molar-refractivity contribution in [2.24, 2.45) is 0 Å². The third-order valence-corrected chi connectivity index (χ3v) is 3.22. The van der Waals surface area contributed by atoms with Crippen molar-refractivity contribution in [3.05, 3.63) is 54.0 Å². The first-order chi connectivity index (χ1) is 11.2. The van der Waals surface area contributed by atoms with E-state index < -0.39 is 0 Å². The van der Waals surface area contributed by atoms with Crippen LogP contribution in [0.15, 0.2) is 42.6 Å². The minimum absolute atomic E-state index is 0.149. The van der Waals surface area contributed by atoms with Crippen molar-refractivity contribution in [1.29, 1.82) is 0 Å². The fraction of sp³-hybridized carbons (Fsp3) is 0.333. The average Bonchev–Trinajstić information content (AvgIpc) is 2.53. The van der Waals surface area contributed by atoms with Crippen molar-refractivity contribution < 1.29 is 18.7 Å². The number of hydrogen-bond acceptors (Lipinski definition) is 4. The van der Waals surface area contributed by atoms with E-state index in [2.05, 4.69) is 4.98 Å². The van der Waals surface area contributed by atoms with Gasteiger partial charge in [0.25, 0.3) is 0 Å². The second-order valence-electron chi connectivity index (χ2n) is 5.08. The van der Waals surface area contributed by atoms with Gasteiger partial charge in [-0.2, -0.15) is 0 Å². The van der Waals surface area contributed by atoms with Crippen LogP contribution in [0.4, 0.5) is 4.39 Å². The SMILES string of the molecule is CCOC(=O)CCCCc1ccc(Oc2cccc(F)c2)nc1. The number of esters is 1. The Morgan fingerprint density at radius 1 is 1.22 bits per heavy atom. The Balaban J connectivity index is 1.77. The predicted octanol–water partition coefficient (Wildman–Crippen LogP) is 4.29. The maximum Gasteiger partial charge on any atom is 0.305 e. The van der Waals surface area contributed by atoms with Gasteiger partial charge < -0.3 is 9.47 Å². The molecule has 122 valence electrons. The van der Waals surface area contributed by atoms with Crippen LogP contribution in [0.5, 0.6) is 11.6 Å². The maximum atomic E-state index is 13.1. The molecule has 4 nitrogen and oxygen atoms in total. The Morgan fingerprint density at radius 3 is 2.78 bits per heavy atom. The summed E-state index contributed by atoms with van der Waals surface area (Å²) in [5, 5.41) is 0. The minimum Gasteiger partial charge on any atom is -0.466 e. The molecule has 2 aromatic rings. The Labute approximate surface area is 135 Å². The highest BCUT2D eigenvalue weighted by atomic mass is 19.1. The van der Waals surface area contributed by atoms with Crippen molar-refractivity contribution in [3.63, 3.8) is 0 Å². The van der Waals surface area contributed by atoms with Gasteiger partial charge in [-0.05, 0) is 43.9 Å². The number of pyridine rings is 1. The van der Waals surface area contributed by atoms with E-state index in [-0.39, 0.29) is 11.8 Å². The number of nitrogens with zero attached hydrogens (tertiary/aromatic N) is 1. The Morgan fingerprint density at radius 2 is 2.09 bits per heavy atom. The van der Waals surface area contributed by atoms with Crippen LogP contribution in [0.2, 0.25) is 0 Å². The smallest absolute Gasteiger partial charge is 0.305 e. The number of hydrogen-bond donors (Lipinski definition) is 0. The normalized spacial score (nSPS) is 10.3. The number of aryl methyl sites for hydroxylation is 1. The molecule has 1 heterocycles. The number of halogens is 1. The summed E-state index contributed by atoms with van der Waals surface area (Å²) in [5.74, 6) is 0.343. The van der Waals surface area contributed by atoms with Crippen molar-refractivity contribution in [1.82, 2.24) is 4.98 Å². The van der Waals surface area contributed by atoms with Gasteiger partial charge in [0.1, 0.15) is 11.6 Å². The van der Waals surface area contributed by atoms with Crippen LogP contribution in [-0.4, -0.2) is 17.6 Å². The molecule has 0 N–H and O–H groups in total. The number of rotatable bonds is 8. The third-order valence-electron chi connectivity index (χ3n) is 3.22. The molecule has 1 aromatic heterocycles. The summed E-state index contributed by atoms with van der Waals surface area (Å²) in [5.41, 5.74) is 1.07. The zero-order valence-corrected chi connectivity index (χ0v) is 13.1. The van der Waals surface area contributed by atoms with Gasteiger partial charge >= 0.3 is 5.97 Å². The lowest BCUT2D eigenvalue weighted by Gasteiger charge is -2.06. The standard InChI is InChI=1S/C18H20FNO3/c1-2-22-18(21)9-4-3-6-14-10-11-17(20-13-14)23-16-8-5-7-15(19)12-16/h5,7-8,10-13H,2-4,6,9H2,1H3. The fourth-order valence-corrected chi connectivity index (χ4v) is 2.10. The molecule has 0 spiro atoms. The Hall–Kier alpha value is -2.43. The van der Waals surface area contributed by atoms with Crippen LogP contribution in [0, 0.1) is 5.82 Å². The monoisotopic (exact) mass is 317 g/mol. The molecule has 0 aliphatic rings. The molecule has 0 aliphatic heterocycles. The van der Waals surface area contributed by atoms with E-state index in [0.29, 0.717) is 24.7 Å². The molecule has 0 aliphatic carbocycles. The molecule has 0 fully saturated rings. The molecule has 0 saturated carbocycles. The zero-order chi connectivity index (χ0) is 16.5. The second kappa shape index (κ2) is 8.88. The molecular formula is C18H20FNO3. The van der Waals surface area contributed by atoms with Crippen molar-refractivity contribution in [2.75, 3.05) is 6.61 Å². The summed E-state index contributed by atoms with van der Waals surface area (Å²) in [6, 6.07) is 9.61. The fourth-order valence-electron chi connectivity index (χ4n) is 2.10. The van der Waals surface area contributed by atoms with Crippen LogP contribution >= 0.6 is 0 Å². The molecule has 5 heteroatoms. The lowest BCUT2D eigenvalue weighted by molar-refractivity contribution is -0.143. The van der Waals surface area contributed by atoms with E-state index in [9.17, 15) is 9.18 Å². The topological polar surface area (TPSA) is 48.4 Å². The molecule has 0 radical (unpaired) electrons. The van der Waals surface area contributed by atoms with Gasteiger partial charge in [-0.3, -0.25) is 4.79 Å². The first-order valence-electron chi connectivity index (χ1n) is 7.71. The van der Waals surface area contributed by atoms with Gasteiger partial charge in [0.15, 0.2) is 0 Å². The number of benzene rings is 1. The van der Waals surface area contributed by atoms with Gasteiger partial charge in [0.2, 0.25) is 5.88 Å². The van der Waals surface area contributed by atoms with Crippen LogP contribution in [0.1, 0.15) is 31.7 Å². The van der Waals surface area contributed by atoms with Crippen molar-refractivity contribution in [2.45, 2.75) is 32.6 Å². The minimum atomic E-state index is -0.347. The van der Waals surface area contributed by atoms with E-state index in [1.165, 1.54) is 12.1 Å². The number of ether oxygens (including phenoxy) is 2. The summed E-state index contributed by atoms with van der Waals surface area (Å²) in [7, 11) is 0. The van der Waals surface area contributed by atoms with E-state index in [4.69, 9.17) is 9.47 Å². The molecule has 1 aromatic carbocycles. The third kappa shape index (κ3) is 6.06.